The summed E-state index contributed by atoms with van der Waals surface area (Å²) in [6.45, 7) is 6.65. The Morgan fingerprint density at radius 2 is 2.05 bits per heavy atom. The Morgan fingerprint density at radius 1 is 1.38 bits per heavy atom. The third-order valence-electron chi connectivity index (χ3n) is 4.41. The first kappa shape index (κ1) is 15.7. The highest BCUT2D eigenvalue weighted by Gasteiger charge is 2.26. The molecule has 2 N–H and O–H groups in total. The Bertz CT molecular complexity index is 494. The predicted molar refractivity (Wildman–Crippen MR) is 81.9 cm³/mol. The van der Waals surface area contributed by atoms with Crippen molar-refractivity contribution in [2.24, 2.45) is 11.8 Å². The van der Waals surface area contributed by atoms with Gasteiger partial charge in [-0.2, -0.15) is 0 Å². The van der Waals surface area contributed by atoms with Crippen LogP contribution in [0.4, 0.5) is 5.82 Å². The van der Waals surface area contributed by atoms with Crippen LogP contribution in [0.15, 0.2) is 6.20 Å². The van der Waals surface area contributed by atoms with Crippen LogP contribution in [-0.2, 0) is 4.74 Å². The summed E-state index contributed by atoms with van der Waals surface area (Å²) in [5.41, 5.74) is 6.14. The van der Waals surface area contributed by atoms with Gasteiger partial charge in [0.25, 0.3) is 0 Å². The zero-order chi connectivity index (χ0) is 15.4. The minimum absolute atomic E-state index is 0.226. The summed E-state index contributed by atoms with van der Waals surface area (Å²) in [7, 11) is 0. The van der Waals surface area contributed by atoms with Crippen LogP contribution in [0.5, 0.6) is 0 Å². The zero-order valence-electron chi connectivity index (χ0n) is 13.1. The first-order chi connectivity index (χ1) is 10.0. The Hall–Kier alpha value is -1.65. The maximum atomic E-state index is 11.7. The number of hydrogen-bond donors (Lipinski definition) is 1. The van der Waals surface area contributed by atoms with Crippen LogP contribution in [0.25, 0.3) is 0 Å². The van der Waals surface area contributed by atoms with E-state index in [9.17, 15) is 4.79 Å². The molecule has 1 heterocycles. The van der Waals surface area contributed by atoms with Gasteiger partial charge in [-0.1, -0.05) is 13.8 Å². The number of aromatic nitrogens is 2. The van der Waals surface area contributed by atoms with Gasteiger partial charge in [-0.25, -0.2) is 14.8 Å². The molecule has 1 aliphatic rings. The molecule has 0 bridgehead atoms. The molecule has 5 nitrogen and oxygen atoms in total. The smallest absolute Gasteiger partial charge is 0.343 e. The van der Waals surface area contributed by atoms with Gasteiger partial charge in [-0.05, 0) is 44.4 Å². The average Bonchev–Trinajstić information content (AvgIpc) is 2.47. The van der Waals surface area contributed by atoms with Crippen LogP contribution in [0.1, 0.15) is 68.6 Å². The van der Waals surface area contributed by atoms with E-state index >= 15 is 0 Å². The molecule has 1 aromatic rings. The van der Waals surface area contributed by atoms with Gasteiger partial charge in [-0.15, -0.1) is 0 Å². The van der Waals surface area contributed by atoms with E-state index in [1.54, 1.807) is 6.92 Å². The van der Waals surface area contributed by atoms with Gasteiger partial charge in [0.05, 0.1) is 6.61 Å². The topological polar surface area (TPSA) is 78.1 Å². The van der Waals surface area contributed by atoms with Crippen LogP contribution >= 0.6 is 0 Å². The number of esters is 1. The lowest BCUT2D eigenvalue weighted by molar-refractivity contribution is 0.0526. The Labute approximate surface area is 126 Å². The predicted octanol–water partition coefficient (Wildman–Crippen LogP) is 3.17. The largest absolute Gasteiger partial charge is 0.462 e. The van der Waals surface area contributed by atoms with Gasteiger partial charge >= 0.3 is 5.97 Å². The molecular formula is C16H25N3O2. The molecular weight excluding hydrogens is 266 g/mol. The molecule has 1 aliphatic carbocycles. The van der Waals surface area contributed by atoms with Crippen LogP contribution in [0.2, 0.25) is 0 Å². The van der Waals surface area contributed by atoms with Gasteiger partial charge in [0.15, 0.2) is 0 Å². The molecule has 21 heavy (non-hydrogen) atoms. The van der Waals surface area contributed by atoms with Crippen molar-refractivity contribution in [3.63, 3.8) is 0 Å². The van der Waals surface area contributed by atoms with Crippen molar-refractivity contribution in [2.75, 3.05) is 12.3 Å². The highest BCUT2D eigenvalue weighted by atomic mass is 16.5. The maximum Gasteiger partial charge on any atom is 0.343 e. The van der Waals surface area contributed by atoms with Crippen molar-refractivity contribution in [2.45, 2.75) is 52.4 Å². The van der Waals surface area contributed by atoms with Crippen LogP contribution < -0.4 is 5.73 Å². The maximum absolute atomic E-state index is 11.7. The van der Waals surface area contributed by atoms with Gasteiger partial charge in [-0.3, -0.25) is 0 Å². The standard InChI is InChI=1S/C16H25N3O2/c1-4-21-16(20)13-9-18-15(19-14(13)17)12-7-5-11(6-8-12)10(2)3/h9-12H,4-8H2,1-3H3,(H2,17,18,19). The first-order valence-corrected chi connectivity index (χ1v) is 7.82. The minimum Gasteiger partial charge on any atom is -0.462 e. The molecule has 0 saturated heterocycles. The highest BCUT2D eigenvalue weighted by molar-refractivity contribution is 5.93. The summed E-state index contributed by atoms with van der Waals surface area (Å²) < 4.78 is 4.94. The van der Waals surface area contributed by atoms with Gasteiger partial charge < -0.3 is 10.5 Å². The second kappa shape index (κ2) is 6.87. The van der Waals surface area contributed by atoms with Crippen LogP contribution in [0, 0.1) is 11.8 Å². The van der Waals surface area contributed by atoms with Crippen molar-refractivity contribution in [1.29, 1.82) is 0 Å². The summed E-state index contributed by atoms with van der Waals surface area (Å²) in [5, 5.41) is 0. The van der Waals surface area contributed by atoms with E-state index in [1.165, 1.54) is 19.0 Å². The molecule has 1 saturated carbocycles. The summed E-state index contributed by atoms with van der Waals surface area (Å²) >= 11 is 0. The normalized spacial score (nSPS) is 22.3. The molecule has 0 radical (unpaired) electrons. The number of nitrogens with zero attached hydrogens (tertiary/aromatic N) is 2. The third kappa shape index (κ3) is 3.71. The highest BCUT2D eigenvalue weighted by Crippen LogP contribution is 2.37. The molecule has 116 valence electrons. The number of nitrogen functional groups attached to an aromatic ring is 1. The van der Waals surface area contributed by atoms with E-state index < -0.39 is 5.97 Å². The number of ether oxygens (including phenoxy) is 1. The molecule has 0 aliphatic heterocycles. The summed E-state index contributed by atoms with van der Waals surface area (Å²) in [6.07, 6.45) is 6.13. The van der Waals surface area contributed by atoms with Gasteiger partial charge in [0.1, 0.15) is 17.2 Å². The van der Waals surface area contributed by atoms with Crippen molar-refractivity contribution < 1.29 is 9.53 Å². The van der Waals surface area contributed by atoms with Crippen LogP contribution in [-0.4, -0.2) is 22.5 Å². The SMILES string of the molecule is CCOC(=O)c1cnc(C2CCC(C(C)C)CC2)nc1N. The zero-order valence-corrected chi connectivity index (χ0v) is 13.1. The lowest BCUT2D eigenvalue weighted by Crippen LogP contribution is -2.20. The quantitative estimate of drug-likeness (QED) is 0.862. The van der Waals surface area contributed by atoms with E-state index in [1.807, 2.05) is 0 Å². The van der Waals surface area contributed by atoms with E-state index in [0.717, 1.165) is 30.5 Å². The molecule has 1 aromatic heterocycles. The monoisotopic (exact) mass is 291 g/mol. The number of rotatable bonds is 4. The third-order valence-corrected chi connectivity index (χ3v) is 4.41. The molecule has 1 fully saturated rings. The van der Waals surface area contributed by atoms with E-state index in [0.29, 0.717) is 12.5 Å². The number of carbonyl (C=O) groups is 1. The van der Waals surface area contributed by atoms with E-state index in [-0.39, 0.29) is 11.4 Å². The lowest BCUT2D eigenvalue weighted by atomic mass is 9.77. The fourth-order valence-corrected chi connectivity index (χ4v) is 3.02. The van der Waals surface area contributed by atoms with Gasteiger partial charge in [0.2, 0.25) is 0 Å². The molecule has 0 spiro atoms. The summed E-state index contributed by atoms with van der Waals surface area (Å²) in [4.78, 5) is 20.4. The average molecular weight is 291 g/mol. The number of nitrogens with two attached hydrogens (primary N) is 1. The molecule has 0 atom stereocenters. The van der Waals surface area contributed by atoms with Crippen molar-refractivity contribution in [3.8, 4) is 0 Å². The fraction of sp³-hybridized carbons (Fsp3) is 0.688. The lowest BCUT2D eigenvalue weighted by Gasteiger charge is -2.30. The number of carbonyl (C=O) groups excluding carboxylic acids is 1. The van der Waals surface area contributed by atoms with Gasteiger partial charge in [0, 0.05) is 12.1 Å². The Morgan fingerprint density at radius 3 is 2.57 bits per heavy atom. The fourth-order valence-electron chi connectivity index (χ4n) is 3.02. The number of anilines is 1. The molecule has 5 heteroatoms. The molecule has 2 rings (SSSR count). The van der Waals surface area contributed by atoms with E-state index in [4.69, 9.17) is 10.5 Å². The second-order valence-corrected chi connectivity index (χ2v) is 6.10. The van der Waals surface area contributed by atoms with E-state index in [2.05, 4.69) is 23.8 Å². The second-order valence-electron chi connectivity index (χ2n) is 6.10. The van der Waals surface area contributed by atoms with Crippen molar-refractivity contribution in [3.05, 3.63) is 17.6 Å². The summed E-state index contributed by atoms with van der Waals surface area (Å²) in [6, 6.07) is 0. The van der Waals surface area contributed by atoms with Crippen molar-refractivity contribution in [1.82, 2.24) is 9.97 Å². The molecule has 0 aromatic carbocycles. The minimum atomic E-state index is -0.454. The Balaban J connectivity index is 2.06. The Kier molecular flexibility index (Phi) is 5.15. The molecule has 0 unspecified atom stereocenters. The first-order valence-electron chi connectivity index (χ1n) is 7.82. The molecule has 0 amide bonds. The summed E-state index contributed by atoms with van der Waals surface area (Å²) in [5.74, 6) is 2.44. The van der Waals surface area contributed by atoms with Crippen LogP contribution in [0.3, 0.4) is 0 Å². The number of hydrogen-bond acceptors (Lipinski definition) is 5. The van der Waals surface area contributed by atoms with Crippen molar-refractivity contribution >= 4 is 11.8 Å².